The average Bonchev–Trinajstić information content (AvgIpc) is 2.85. The zero-order valence-electron chi connectivity index (χ0n) is 25.6. The van der Waals surface area contributed by atoms with Gasteiger partial charge in [-0.2, -0.15) is 0 Å². The van der Waals surface area contributed by atoms with Crippen LogP contribution in [0.5, 0.6) is 5.75 Å². The fraction of sp³-hybridized carbons (Fsp3) is 0.531. The van der Waals surface area contributed by atoms with Crippen LogP contribution in [0.3, 0.4) is 0 Å². The number of hydrogen-bond donors (Lipinski definition) is 3. The van der Waals surface area contributed by atoms with Crippen LogP contribution in [-0.2, 0) is 14.3 Å². The van der Waals surface area contributed by atoms with E-state index in [2.05, 4.69) is 17.6 Å². The van der Waals surface area contributed by atoms with E-state index in [9.17, 15) is 19.5 Å². The second-order valence-electron chi connectivity index (χ2n) is 11.8. The molecule has 0 saturated carbocycles. The molecule has 2 aromatic carbocycles. The number of nitrogens with one attached hydrogen (secondary N) is 2. The molecule has 2 rings (SSSR count). The number of carbonyl (C=O) groups is 3. The number of anilines is 1. The van der Waals surface area contributed by atoms with Crippen LogP contribution >= 0.6 is 0 Å². The van der Waals surface area contributed by atoms with Gasteiger partial charge in [0.05, 0.1) is 0 Å². The van der Waals surface area contributed by atoms with Crippen molar-refractivity contribution < 1.29 is 24.2 Å². The van der Waals surface area contributed by atoms with Crippen LogP contribution in [-0.4, -0.2) is 46.1 Å². The van der Waals surface area contributed by atoms with Crippen molar-refractivity contribution in [2.45, 2.75) is 99.3 Å². The Kier molecular flexibility index (Phi) is 11.6. The zero-order valence-corrected chi connectivity index (χ0v) is 25.6. The number of phenols is 1. The second kappa shape index (κ2) is 14.2. The lowest BCUT2D eigenvalue weighted by Crippen LogP contribution is -2.54. The van der Waals surface area contributed by atoms with E-state index >= 15 is 0 Å². The van der Waals surface area contributed by atoms with Crippen LogP contribution < -0.4 is 10.6 Å². The van der Waals surface area contributed by atoms with E-state index in [1.165, 1.54) is 4.90 Å². The fourth-order valence-electron chi connectivity index (χ4n) is 4.58. The molecule has 2 aromatic rings. The molecular formula is C32H47N3O5. The van der Waals surface area contributed by atoms with Gasteiger partial charge >= 0.3 is 6.09 Å². The summed E-state index contributed by atoms with van der Waals surface area (Å²) in [6.45, 7) is 16.8. The van der Waals surface area contributed by atoms with Gasteiger partial charge in [-0.1, -0.05) is 70.0 Å². The Bertz CT molecular complexity index is 1170. The number of alkyl carbamates (subject to hydrolysis) is 1. The first-order chi connectivity index (χ1) is 18.7. The van der Waals surface area contributed by atoms with Crippen molar-refractivity contribution >= 4 is 23.6 Å². The molecule has 0 aliphatic heterocycles. The highest BCUT2D eigenvalue weighted by Gasteiger charge is 2.38. The lowest BCUT2D eigenvalue weighted by molar-refractivity contribution is -0.141. The van der Waals surface area contributed by atoms with E-state index in [4.69, 9.17) is 4.74 Å². The minimum atomic E-state index is -1.13. The number of benzene rings is 2. The monoisotopic (exact) mass is 553 g/mol. The van der Waals surface area contributed by atoms with Gasteiger partial charge in [-0.15, -0.1) is 0 Å². The standard InChI is InChI=1S/C32H47N3O5/c1-10-11-12-19-35(30(38)25(20(2)3)34-31(39)40-32(7,8)9)27(24-18-14-17-23(6)28(24)36)29(37)33-26-21(4)15-13-16-22(26)5/h13-18,20,25,27,36H,10-12,19H2,1-9H3,(H,33,37)(H,34,39). The van der Waals surface area contributed by atoms with Crippen molar-refractivity contribution in [3.63, 3.8) is 0 Å². The molecule has 2 atom stereocenters. The third-order valence-electron chi connectivity index (χ3n) is 6.74. The van der Waals surface area contributed by atoms with Crippen LogP contribution in [0.15, 0.2) is 36.4 Å². The number of hydrogen-bond acceptors (Lipinski definition) is 5. The van der Waals surface area contributed by atoms with Gasteiger partial charge in [-0.3, -0.25) is 9.59 Å². The van der Waals surface area contributed by atoms with Crippen molar-refractivity contribution in [2.75, 3.05) is 11.9 Å². The zero-order chi connectivity index (χ0) is 30.2. The van der Waals surface area contributed by atoms with Crippen molar-refractivity contribution in [1.82, 2.24) is 10.2 Å². The van der Waals surface area contributed by atoms with E-state index in [-0.39, 0.29) is 18.2 Å². The first kappa shape index (κ1) is 32.7. The molecule has 0 fully saturated rings. The van der Waals surface area contributed by atoms with Crippen molar-refractivity contribution in [1.29, 1.82) is 0 Å². The summed E-state index contributed by atoms with van der Waals surface area (Å²) in [5.74, 6) is -1.19. The predicted molar refractivity (Wildman–Crippen MR) is 159 cm³/mol. The highest BCUT2D eigenvalue weighted by atomic mass is 16.6. The maximum atomic E-state index is 14.3. The van der Waals surface area contributed by atoms with Gasteiger partial charge in [0.2, 0.25) is 5.91 Å². The summed E-state index contributed by atoms with van der Waals surface area (Å²) in [5, 5.41) is 16.9. The molecule has 3 amide bonds. The minimum Gasteiger partial charge on any atom is -0.507 e. The van der Waals surface area contributed by atoms with Gasteiger partial charge in [-0.25, -0.2) is 4.79 Å². The molecule has 0 spiro atoms. The molecular weight excluding hydrogens is 506 g/mol. The van der Waals surface area contributed by atoms with E-state index in [0.29, 0.717) is 23.2 Å². The predicted octanol–water partition coefficient (Wildman–Crippen LogP) is 6.57. The van der Waals surface area contributed by atoms with E-state index < -0.39 is 35.6 Å². The van der Waals surface area contributed by atoms with Gasteiger partial charge in [0.15, 0.2) is 0 Å². The fourth-order valence-corrected chi connectivity index (χ4v) is 4.58. The van der Waals surface area contributed by atoms with Crippen molar-refractivity contribution in [3.05, 3.63) is 58.7 Å². The third-order valence-corrected chi connectivity index (χ3v) is 6.74. The summed E-state index contributed by atoms with van der Waals surface area (Å²) in [7, 11) is 0. The Labute approximate surface area is 239 Å². The quantitative estimate of drug-likeness (QED) is 0.273. The summed E-state index contributed by atoms with van der Waals surface area (Å²) < 4.78 is 5.44. The molecule has 0 aliphatic carbocycles. The van der Waals surface area contributed by atoms with Crippen LogP contribution in [0.2, 0.25) is 0 Å². The number of aromatic hydroxyl groups is 1. The molecule has 40 heavy (non-hydrogen) atoms. The van der Waals surface area contributed by atoms with Crippen LogP contribution in [0.25, 0.3) is 0 Å². The molecule has 0 heterocycles. The number of amides is 3. The maximum Gasteiger partial charge on any atom is 0.408 e. The van der Waals surface area contributed by atoms with Gasteiger partial charge in [0.1, 0.15) is 23.4 Å². The number of para-hydroxylation sites is 2. The van der Waals surface area contributed by atoms with Gasteiger partial charge in [0, 0.05) is 17.8 Å². The first-order valence-electron chi connectivity index (χ1n) is 14.1. The molecule has 3 N–H and O–H groups in total. The normalized spacial score (nSPS) is 12.9. The van der Waals surface area contributed by atoms with E-state index in [1.807, 2.05) is 45.9 Å². The van der Waals surface area contributed by atoms with Gasteiger partial charge in [0.25, 0.3) is 5.91 Å². The van der Waals surface area contributed by atoms with Gasteiger partial charge < -0.3 is 25.4 Å². The Morgan fingerprint density at radius 3 is 2.08 bits per heavy atom. The van der Waals surface area contributed by atoms with E-state index in [0.717, 1.165) is 24.0 Å². The van der Waals surface area contributed by atoms with E-state index in [1.54, 1.807) is 45.9 Å². The van der Waals surface area contributed by atoms with Crippen molar-refractivity contribution in [3.8, 4) is 5.75 Å². The Hall–Kier alpha value is -3.55. The van der Waals surface area contributed by atoms with Crippen LogP contribution in [0, 0.1) is 26.7 Å². The molecule has 8 nitrogen and oxygen atoms in total. The largest absolute Gasteiger partial charge is 0.507 e. The van der Waals surface area contributed by atoms with Gasteiger partial charge in [-0.05, 0) is 70.6 Å². The lowest BCUT2D eigenvalue weighted by Gasteiger charge is -2.36. The van der Waals surface area contributed by atoms with Crippen LogP contribution in [0.1, 0.15) is 89.1 Å². The smallest absolute Gasteiger partial charge is 0.408 e. The molecule has 0 saturated heterocycles. The average molecular weight is 554 g/mol. The van der Waals surface area contributed by atoms with Crippen LogP contribution in [0.4, 0.5) is 10.5 Å². The number of rotatable bonds is 11. The molecule has 0 aliphatic rings. The molecule has 0 radical (unpaired) electrons. The summed E-state index contributed by atoms with van der Waals surface area (Å²) in [6, 6.07) is 8.84. The summed E-state index contributed by atoms with van der Waals surface area (Å²) in [4.78, 5) is 42.6. The highest BCUT2D eigenvalue weighted by molar-refractivity contribution is 6.00. The highest BCUT2D eigenvalue weighted by Crippen LogP contribution is 2.34. The number of aryl methyl sites for hydroxylation is 3. The SMILES string of the molecule is CCCCCN(C(=O)C(NC(=O)OC(C)(C)C)C(C)C)C(C(=O)Nc1c(C)cccc1C)c1cccc(C)c1O. The topological polar surface area (TPSA) is 108 Å². The number of nitrogens with zero attached hydrogens (tertiary/aromatic N) is 1. The Balaban J connectivity index is 2.63. The molecule has 2 unspecified atom stereocenters. The number of unbranched alkanes of at least 4 members (excludes halogenated alkanes) is 2. The molecule has 220 valence electrons. The molecule has 8 heteroatoms. The lowest BCUT2D eigenvalue weighted by atomic mass is 9.96. The molecule has 0 aromatic heterocycles. The van der Waals surface area contributed by atoms with Crippen molar-refractivity contribution in [2.24, 2.45) is 5.92 Å². The summed E-state index contributed by atoms with van der Waals surface area (Å²) in [5.41, 5.74) is 2.62. The second-order valence-corrected chi connectivity index (χ2v) is 11.8. The molecule has 0 bridgehead atoms. The number of ether oxygens (including phenoxy) is 1. The minimum absolute atomic E-state index is 0.0429. The number of carbonyl (C=O) groups excluding carboxylic acids is 3. The third kappa shape index (κ3) is 8.73. The Morgan fingerprint density at radius 1 is 0.950 bits per heavy atom. The summed E-state index contributed by atoms with van der Waals surface area (Å²) >= 11 is 0. The maximum absolute atomic E-state index is 14.3. The number of phenolic OH excluding ortho intramolecular Hbond substituents is 1. The first-order valence-corrected chi connectivity index (χ1v) is 14.1. The summed E-state index contributed by atoms with van der Waals surface area (Å²) in [6.07, 6.45) is 1.71. The Morgan fingerprint density at radius 2 is 1.52 bits per heavy atom.